The first-order chi connectivity index (χ1) is 8.93. The molecule has 0 saturated heterocycles. The summed E-state index contributed by atoms with van der Waals surface area (Å²) in [6.07, 6.45) is 5.65. The highest BCUT2D eigenvalue weighted by molar-refractivity contribution is 7.11. The van der Waals surface area contributed by atoms with E-state index in [1.165, 1.54) is 42.6 Å². The minimum Gasteiger partial charge on any atom is -0.376 e. The Labute approximate surface area is 111 Å². The zero-order chi connectivity index (χ0) is 12.2. The normalized spacial score (nSPS) is 16.4. The molecule has 0 spiro atoms. The van der Waals surface area contributed by atoms with Gasteiger partial charge in [-0.15, -0.1) is 0 Å². The van der Waals surface area contributed by atoms with Gasteiger partial charge in [-0.1, -0.05) is 25.0 Å². The minimum atomic E-state index is 0.505. The molecule has 2 aromatic rings. The lowest BCUT2D eigenvalue weighted by molar-refractivity contribution is 0.0659. The molecule has 0 bridgehead atoms. The number of hydrogen-bond donors (Lipinski definition) is 1. The number of ether oxygens (including phenoxy) is 1. The molecule has 0 atom stereocenters. The highest BCUT2D eigenvalue weighted by Crippen LogP contribution is 2.27. The Hall–Kier alpha value is -1.13. The molecule has 1 aromatic heterocycles. The molecule has 1 N–H and O–H groups in total. The monoisotopic (exact) mass is 262 g/mol. The molecule has 1 aromatic carbocycles. The lowest BCUT2D eigenvalue weighted by Gasteiger charge is -2.11. The van der Waals surface area contributed by atoms with Crippen LogP contribution in [-0.4, -0.2) is 23.6 Å². The van der Waals surface area contributed by atoms with Gasteiger partial charge in [0.25, 0.3) is 0 Å². The summed E-state index contributed by atoms with van der Waals surface area (Å²) in [6, 6.07) is 8.23. The number of benzene rings is 1. The van der Waals surface area contributed by atoms with Gasteiger partial charge < -0.3 is 10.1 Å². The quantitative estimate of drug-likeness (QED) is 0.835. The standard InChI is InChI=1S/C14H18N2OS/c1-2-6-11(5-1)17-10-9-15-14-12-7-3-4-8-13(12)16-18-14/h3-4,7-8,11,15H,1-2,5-6,9-10H2. The fourth-order valence-electron chi connectivity index (χ4n) is 2.46. The van der Waals surface area contributed by atoms with E-state index in [1.807, 2.05) is 12.1 Å². The summed E-state index contributed by atoms with van der Waals surface area (Å²) in [6.45, 7) is 1.65. The van der Waals surface area contributed by atoms with Crippen molar-refractivity contribution in [3.8, 4) is 0 Å². The van der Waals surface area contributed by atoms with Crippen molar-refractivity contribution in [1.29, 1.82) is 0 Å². The van der Waals surface area contributed by atoms with Crippen molar-refractivity contribution < 1.29 is 4.74 Å². The Balaban J connectivity index is 1.50. The lowest BCUT2D eigenvalue weighted by atomic mass is 10.2. The average molecular weight is 262 g/mol. The van der Waals surface area contributed by atoms with Crippen molar-refractivity contribution in [2.75, 3.05) is 18.5 Å². The Morgan fingerprint density at radius 2 is 2.11 bits per heavy atom. The molecule has 96 valence electrons. The number of nitrogens with one attached hydrogen (secondary N) is 1. The van der Waals surface area contributed by atoms with Crippen molar-refractivity contribution in [3.05, 3.63) is 24.3 Å². The van der Waals surface area contributed by atoms with Gasteiger partial charge in [0, 0.05) is 11.9 Å². The summed E-state index contributed by atoms with van der Waals surface area (Å²) in [4.78, 5) is 0. The average Bonchev–Trinajstić information content (AvgIpc) is 3.04. The van der Waals surface area contributed by atoms with E-state index in [0.29, 0.717) is 6.10 Å². The summed E-state index contributed by atoms with van der Waals surface area (Å²) < 4.78 is 10.2. The van der Waals surface area contributed by atoms with Gasteiger partial charge >= 0.3 is 0 Å². The minimum absolute atomic E-state index is 0.505. The Morgan fingerprint density at radius 3 is 3.00 bits per heavy atom. The van der Waals surface area contributed by atoms with E-state index < -0.39 is 0 Å². The molecule has 1 heterocycles. The summed E-state index contributed by atoms with van der Waals surface area (Å²) in [5, 5.41) is 5.79. The van der Waals surface area contributed by atoms with Gasteiger partial charge in [-0.25, -0.2) is 0 Å². The summed E-state index contributed by atoms with van der Waals surface area (Å²) >= 11 is 1.53. The largest absolute Gasteiger partial charge is 0.376 e. The molecule has 1 fully saturated rings. The Kier molecular flexibility index (Phi) is 3.76. The maximum atomic E-state index is 5.84. The van der Waals surface area contributed by atoms with E-state index in [9.17, 15) is 0 Å². The lowest BCUT2D eigenvalue weighted by Crippen LogP contribution is -2.15. The molecule has 1 aliphatic rings. The number of nitrogens with zero attached hydrogens (tertiary/aromatic N) is 1. The van der Waals surface area contributed by atoms with E-state index in [1.54, 1.807) is 0 Å². The third-order valence-corrected chi connectivity index (χ3v) is 4.26. The van der Waals surface area contributed by atoms with Gasteiger partial charge in [0.1, 0.15) is 5.00 Å². The maximum Gasteiger partial charge on any atom is 0.117 e. The van der Waals surface area contributed by atoms with Crippen LogP contribution in [0, 0.1) is 0 Å². The predicted molar refractivity (Wildman–Crippen MR) is 76.3 cm³/mol. The van der Waals surface area contributed by atoms with E-state index >= 15 is 0 Å². The van der Waals surface area contributed by atoms with Gasteiger partial charge in [-0.05, 0) is 36.5 Å². The molecular formula is C14H18N2OS. The van der Waals surface area contributed by atoms with Crippen molar-refractivity contribution in [3.63, 3.8) is 0 Å². The number of hydrogen-bond acceptors (Lipinski definition) is 4. The van der Waals surface area contributed by atoms with E-state index in [4.69, 9.17) is 4.74 Å². The highest BCUT2D eigenvalue weighted by atomic mass is 32.1. The number of anilines is 1. The molecular weight excluding hydrogens is 244 g/mol. The molecule has 1 saturated carbocycles. The van der Waals surface area contributed by atoms with Crippen molar-refractivity contribution >= 4 is 27.4 Å². The van der Waals surface area contributed by atoms with Crippen LogP contribution in [0.3, 0.4) is 0 Å². The molecule has 1 aliphatic carbocycles. The van der Waals surface area contributed by atoms with Crippen LogP contribution in [-0.2, 0) is 4.74 Å². The van der Waals surface area contributed by atoms with Crippen LogP contribution in [0.25, 0.3) is 10.9 Å². The zero-order valence-corrected chi connectivity index (χ0v) is 11.2. The molecule has 0 radical (unpaired) electrons. The molecule has 0 unspecified atom stereocenters. The fraction of sp³-hybridized carbons (Fsp3) is 0.500. The molecule has 18 heavy (non-hydrogen) atoms. The van der Waals surface area contributed by atoms with Gasteiger partial charge in [0.05, 0.1) is 18.2 Å². The Morgan fingerprint density at radius 1 is 1.28 bits per heavy atom. The molecule has 0 amide bonds. The topological polar surface area (TPSA) is 34.1 Å². The second-order valence-electron chi connectivity index (χ2n) is 4.73. The first-order valence-corrected chi connectivity index (χ1v) is 7.41. The fourth-order valence-corrected chi connectivity index (χ4v) is 3.25. The summed E-state index contributed by atoms with van der Waals surface area (Å²) in [5.41, 5.74) is 1.07. The molecule has 4 heteroatoms. The number of rotatable bonds is 5. The van der Waals surface area contributed by atoms with Crippen LogP contribution in [0.5, 0.6) is 0 Å². The van der Waals surface area contributed by atoms with Crippen molar-refractivity contribution in [2.24, 2.45) is 0 Å². The molecule has 0 aliphatic heterocycles. The van der Waals surface area contributed by atoms with Crippen LogP contribution in [0.2, 0.25) is 0 Å². The van der Waals surface area contributed by atoms with Crippen LogP contribution in [0.4, 0.5) is 5.00 Å². The third-order valence-electron chi connectivity index (χ3n) is 3.43. The van der Waals surface area contributed by atoms with E-state index in [-0.39, 0.29) is 0 Å². The van der Waals surface area contributed by atoms with Crippen LogP contribution in [0.1, 0.15) is 25.7 Å². The van der Waals surface area contributed by atoms with E-state index in [2.05, 4.69) is 21.8 Å². The van der Waals surface area contributed by atoms with Crippen molar-refractivity contribution in [1.82, 2.24) is 4.37 Å². The van der Waals surface area contributed by atoms with Crippen LogP contribution < -0.4 is 5.32 Å². The van der Waals surface area contributed by atoms with E-state index in [0.717, 1.165) is 23.7 Å². The second kappa shape index (κ2) is 5.67. The summed E-state index contributed by atoms with van der Waals surface area (Å²) in [7, 11) is 0. The Bertz CT molecular complexity index is 505. The second-order valence-corrected chi connectivity index (χ2v) is 5.51. The van der Waals surface area contributed by atoms with Gasteiger partial charge in [-0.2, -0.15) is 4.37 Å². The molecule has 3 nitrogen and oxygen atoms in total. The zero-order valence-electron chi connectivity index (χ0n) is 10.4. The SMILES string of the molecule is c1ccc2c(NCCOC3CCCC3)snc2c1. The molecule has 3 rings (SSSR count). The highest BCUT2D eigenvalue weighted by Gasteiger charge is 2.14. The number of aromatic nitrogens is 1. The van der Waals surface area contributed by atoms with Gasteiger partial charge in [-0.3, -0.25) is 0 Å². The van der Waals surface area contributed by atoms with Crippen LogP contribution >= 0.6 is 11.5 Å². The predicted octanol–water partition coefficient (Wildman–Crippen LogP) is 3.67. The van der Waals surface area contributed by atoms with Gasteiger partial charge in [0.15, 0.2) is 0 Å². The first kappa shape index (κ1) is 11.9. The van der Waals surface area contributed by atoms with Gasteiger partial charge in [0.2, 0.25) is 0 Å². The van der Waals surface area contributed by atoms with Crippen molar-refractivity contribution in [2.45, 2.75) is 31.8 Å². The first-order valence-electron chi connectivity index (χ1n) is 6.63. The number of fused-ring (bicyclic) bond motifs is 1. The maximum absolute atomic E-state index is 5.84. The third kappa shape index (κ3) is 2.65. The summed E-state index contributed by atoms with van der Waals surface area (Å²) in [5.74, 6) is 0. The van der Waals surface area contributed by atoms with Crippen LogP contribution in [0.15, 0.2) is 24.3 Å². The smallest absolute Gasteiger partial charge is 0.117 e.